The molecule has 0 N–H and O–H groups in total. The number of carbonyl (C=O) groups is 1. The van der Waals surface area contributed by atoms with Gasteiger partial charge in [-0.2, -0.15) is 0 Å². The van der Waals surface area contributed by atoms with Crippen molar-refractivity contribution in [2.45, 2.75) is 13.0 Å². The molecule has 0 radical (unpaired) electrons. The van der Waals surface area contributed by atoms with Gasteiger partial charge in [0.05, 0.1) is 7.11 Å². The Hall–Kier alpha value is -2.50. The number of fused-ring (bicyclic) bond motifs is 1. The zero-order valence-corrected chi connectivity index (χ0v) is 16.6. The van der Waals surface area contributed by atoms with Crippen molar-refractivity contribution in [1.29, 1.82) is 0 Å². The maximum absolute atomic E-state index is 13.0. The number of carbonyl (C=O) groups excluding carboxylic acids is 1. The highest BCUT2D eigenvalue weighted by Gasteiger charge is 2.23. The maximum atomic E-state index is 13.0. The fraction of sp³-hybridized carbons (Fsp3) is 0.318. The van der Waals surface area contributed by atoms with Gasteiger partial charge in [0.1, 0.15) is 0 Å². The summed E-state index contributed by atoms with van der Waals surface area (Å²) in [4.78, 5) is 17.2. The molecule has 0 saturated carbocycles. The number of ether oxygens (including phenoxy) is 1. The smallest absolute Gasteiger partial charge is 0.289 e. The minimum atomic E-state index is -0.0633. The lowest BCUT2D eigenvalue weighted by molar-refractivity contribution is 0.0731. The number of furan rings is 1. The molecule has 0 atom stereocenters. The van der Waals surface area contributed by atoms with Gasteiger partial charge in [0.15, 0.2) is 17.1 Å². The molecule has 1 amide bonds. The van der Waals surface area contributed by atoms with E-state index in [4.69, 9.17) is 20.8 Å². The largest absolute Gasteiger partial charge is 0.493 e. The van der Waals surface area contributed by atoms with Gasteiger partial charge in [-0.05, 0) is 36.2 Å². The van der Waals surface area contributed by atoms with Crippen molar-refractivity contribution < 1.29 is 13.9 Å². The van der Waals surface area contributed by atoms with Gasteiger partial charge in [-0.25, -0.2) is 0 Å². The maximum Gasteiger partial charge on any atom is 0.289 e. The molecular weight excluding hydrogens is 376 g/mol. The van der Waals surface area contributed by atoms with E-state index in [0.29, 0.717) is 23.6 Å². The first-order valence-corrected chi connectivity index (χ1v) is 9.84. The lowest BCUT2D eigenvalue weighted by Crippen LogP contribution is -2.34. The van der Waals surface area contributed by atoms with Crippen LogP contribution in [0.25, 0.3) is 11.0 Å². The molecule has 1 saturated heterocycles. The summed E-state index contributed by atoms with van der Waals surface area (Å²) < 4.78 is 11.2. The average Bonchev–Trinajstić information content (AvgIpc) is 3.02. The lowest BCUT2D eigenvalue weighted by atomic mass is 10.2. The summed E-state index contributed by atoms with van der Waals surface area (Å²) in [6.45, 7) is 4.06. The van der Waals surface area contributed by atoms with Crippen molar-refractivity contribution in [2.24, 2.45) is 0 Å². The van der Waals surface area contributed by atoms with Crippen molar-refractivity contribution in [3.05, 3.63) is 64.9 Å². The van der Waals surface area contributed by atoms with Crippen molar-refractivity contribution in [3.8, 4) is 5.75 Å². The minimum Gasteiger partial charge on any atom is -0.493 e. The van der Waals surface area contributed by atoms with Crippen LogP contribution in [0, 0.1) is 0 Å². The van der Waals surface area contributed by atoms with Crippen LogP contribution in [0.4, 0.5) is 0 Å². The number of benzene rings is 2. The van der Waals surface area contributed by atoms with Crippen LogP contribution in [0.2, 0.25) is 5.02 Å². The predicted octanol–water partition coefficient (Wildman–Crippen LogP) is 4.44. The molecule has 146 valence electrons. The number of halogens is 1. The predicted molar refractivity (Wildman–Crippen MR) is 110 cm³/mol. The van der Waals surface area contributed by atoms with E-state index < -0.39 is 0 Å². The van der Waals surface area contributed by atoms with Crippen LogP contribution in [0.3, 0.4) is 0 Å². The second kappa shape index (κ2) is 8.25. The Labute approximate surface area is 169 Å². The first kappa shape index (κ1) is 18.8. The summed E-state index contributed by atoms with van der Waals surface area (Å²) in [5.41, 5.74) is 1.85. The molecule has 1 aromatic heterocycles. The Kier molecular flexibility index (Phi) is 5.55. The normalized spacial score (nSPS) is 15.6. The minimum absolute atomic E-state index is 0.0633. The van der Waals surface area contributed by atoms with Crippen molar-refractivity contribution in [1.82, 2.24) is 9.80 Å². The number of para-hydroxylation sites is 1. The highest BCUT2D eigenvalue weighted by Crippen LogP contribution is 2.29. The summed E-state index contributed by atoms with van der Waals surface area (Å²) in [6, 6.07) is 15.4. The Morgan fingerprint density at radius 3 is 2.71 bits per heavy atom. The number of rotatable bonds is 4. The highest BCUT2D eigenvalue weighted by atomic mass is 35.5. The zero-order chi connectivity index (χ0) is 19.5. The van der Waals surface area contributed by atoms with Crippen LogP contribution in [-0.2, 0) is 6.54 Å². The van der Waals surface area contributed by atoms with Crippen molar-refractivity contribution in [2.75, 3.05) is 33.3 Å². The van der Waals surface area contributed by atoms with Gasteiger partial charge in [-0.15, -0.1) is 0 Å². The SMILES string of the molecule is COc1cccc2cc(C(=O)N3CCCN(Cc4ccc(Cl)cc4)CC3)oc12. The van der Waals surface area contributed by atoms with Crippen LogP contribution in [0.15, 0.2) is 52.9 Å². The lowest BCUT2D eigenvalue weighted by Gasteiger charge is -2.21. The summed E-state index contributed by atoms with van der Waals surface area (Å²) in [5, 5.41) is 1.63. The second-order valence-corrected chi connectivity index (χ2v) is 7.47. The van der Waals surface area contributed by atoms with Crippen LogP contribution >= 0.6 is 11.6 Å². The number of hydrogen-bond acceptors (Lipinski definition) is 4. The molecule has 6 heteroatoms. The number of methoxy groups -OCH3 is 1. The van der Waals surface area contributed by atoms with Crippen molar-refractivity contribution >= 4 is 28.5 Å². The number of nitrogens with zero attached hydrogens (tertiary/aromatic N) is 2. The summed E-state index contributed by atoms with van der Waals surface area (Å²) in [5.74, 6) is 0.943. The quantitative estimate of drug-likeness (QED) is 0.651. The van der Waals surface area contributed by atoms with E-state index >= 15 is 0 Å². The van der Waals surface area contributed by atoms with E-state index in [-0.39, 0.29) is 5.91 Å². The van der Waals surface area contributed by atoms with E-state index in [1.807, 2.05) is 35.2 Å². The third kappa shape index (κ3) is 4.01. The van der Waals surface area contributed by atoms with E-state index in [2.05, 4.69) is 17.0 Å². The first-order valence-electron chi connectivity index (χ1n) is 9.46. The summed E-state index contributed by atoms with van der Waals surface area (Å²) >= 11 is 5.97. The fourth-order valence-electron chi connectivity index (χ4n) is 3.64. The van der Waals surface area contributed by atoms with E-state index in [9.17, 15) is 4.79 Å². The third-order valence-electron chi connectivity index (χ3n) is 5.13. The topological polar surface area (TPSA) is 45.9 Å². The fourth-order valence-corrected chi connectivity index (χ4v) is 3.76. The Bertz CT molecular complexity index is 968. The molecule has 5 nitrogen and oxygen atoms in total. The van der Waals surface area contributed by atoms with Crippen LogP contribution < -0.4 is 4.74 Å². The van der Waals surface area contributed by atoms with E-state index in [0.717, 1.165) is 43.0 Å². The molecule has 1 aliphatic rings. The molecule has 0 spiro atoms. The van der Waals surface area contributed by atoms with Crippen LogP contribution in [0.5, 0.6) is 5.75 Å². The van der Waals surface area contributed by atoms with Gasteiger partial charge in [-0.3, -0.25) is 9.69 Å². The monoisotopic (exact) mass is 398 g/mol. The van der Waals surface area contributed by atoms with E-state index in [1.165, 1.54) is 5.56 Å². The van der Waals surface area contributed by atoms with Crippen molar-refractivity contribution in [3.63, 3.8) is 0 Å². The molecular formula is C22H23ClN2O3. The zero-order valence-electron chi connectivity index (χ0n) is 15.9. The van der Waals surface area contributed by atoms with Gasteiger partial charge >= 0.3 is 0 Å². The second-order valence-electron chi connectivity index (χ2n) is 7.04. The molecule has 4 rings (SSSR count). The molecule has 3 aromatic rings. The van der Waals surface area contributed by atoms with Gasteiger partial charge in [0.25, 0.3) is 5.91 Å². The van der Waals surface area contributed by atoms with Gasteiger partial charge in [0.2, 0.25) is 0 Å². The van der Waals surface area contributed by atoms with Crippen LogP contribution in [0.1, 0.15) is 22.5 Å². The average molecular weight is 399 g/mol. The molecule has 0 unspecified atom stereocenters. The van der Waals surface area contributed by atoms with Gasteiger partial charge in [0, 0.05) is 43.1 Å². The molecule has 1 fully saturated rings. The number of amides is 1. The highest BCUT2D eigenvalue weighted by molar-refractivity contribution is 6.30. The molecule has 2 aromatic carbocycles. The summed E-state index contributed by atoms with van der Waals surface area (Å²) in [7, 11) is 1.60. The third-order valence-corrected chi connectivity index (χ3v) is 5.39. The molecule has 0 aliphatic carbocycles. The Balaban J connectivity index is 1.44. The van der Waals surface area contributed by atoms with Gasteiger partial charge < -0.3 is 14.1 Å². The number of hydrogen-bond donors (Lipinski definition) is 0. The Morgan fingerprint density at radius 1 is 1.11 bits per heavy atom. The molecule has 2 heterocycles. The first-order chi connectivity index (χ1) is 13.6. The van der Waals surface area contributed by atoms with Gasteiger partial charge in [-0.1, -0.05) is 35.9 Å². The molecule has 0 bridgehead atoms. The van der Waals surface area contributed by atoms with Crippen LogP contribution in [-0.4, -0.2) is 49.0 Å². The molecule has 28 heavy (non-hydrogen) atoms. The summed E-state index contributed by atoms with van der Waals surface area (Å²) in [6.07, 6.45) is 0.933. The Morgan fingerprint density at radius 2 is 1.93 bits per heavy atom. The van der Waals surface area contributed by atoms with E-state index in [1.54, 1.807) is 13.2 Å². The molecule has 1 aliphatic heterocycles. The standard InChI is InChI=1S/C22H23ClN2O3/c1-27-19-5-2-4-17-14-20(28-21(17)19)22(26)25-11-3-10-24(12-13-25)15-16-6-8-18(23)9-7-16/h2,4-9,14H,3,10-13,15H2,1H3.